The molecule has 2 aliphatic rings. The number of carbonyl (C=O) groups is 3. The number of para-hydroxylation sites is 1. The van der Waals surface area contributed by atoms with Gasteiger partial charge >= 0.3 is 6.03 Å². The predicted molar refractivity (Wildman–Crippen MR) is 164 cm³/mol. The van der Waals surface area contributed by atoms with Gasteiger partial charge in [0.05, 0.1) is 12.8 Å². The first kappa shape index (κ1) is 26.8. The number of amides is 4. The van der Waals surface area contributed by atoms with Crippen LogP contribution in [0.15, 0.2) is 97.1 Å². The second-order valence-electron chi connectivity index (χ2n) is 10.7. The highest BCUT2D eigenvalue weighted by molar-refractivity contribution is 6.30. The zero-order valence-electron chi connectivity index (χ0n) is 23.2. The van der Waals surface area contributed by atoms with Crippen LogP contribution in [0.25, 0.3) is 10.9 Å². The summed E-state index contributed by atoms with van der Waals surface area (Å²) >= 11 is 5.94. The first-order valence-electron chi connectivity index (χ1n) is 14.0. The summed E-state index contributed by atoms with van der Waals surface area (Å²) < 4.78 is 5.49. The molecule has 3 heterocycles. The van der Waals surface area contributed by atoms with Gasteiger partial charge in [0.15, 0.2) is 0 Å². The number of urea groups is 1. The van der Waals surface area contributed by atoms with Crippen molar-refractivity contribution in [3.05, 3.63) is 130 Å². The molecule has 9 heteroatoms. The lowest BCUT2D eigenvalue weighted by Gasteiger charge is -2.36. The lowest BCUT2D eigenvalue weighted by molar-refractivity contribution is -0.120. The minimum Gasteiger partial charge on any atom is -0.497 e. The summed E-state index contributed by atoms with van der Waals surface area (Å²) in [6, 6.07) is 27.7. The fourth-order valence-electron chi connectivity index (χ4n) is 6.12. The minimum absolute atomic E-state index is 0.263. The van der Waals surface area contributed by atoms with Crippen LogP contribution in [0.1, 0.15) is 38.8 Å². The molecule has 43 heavy (non-hydrogen) atoms. The van der Waals surface area contributed by atoms with Crippen LogP contribution >= 0.6 is 11.6 Å². The summed E-state index contributed by atoms with van der Waals surface area (Å²) in [5, 5.41) is 4.55. The van der Waals surface area contributed by atoms with Gasteiger partial charge in [-0.2, -0.15) is 0 Å². The smallest absolute Gasteiger partial charge is 0.332 e. The monoisotopic (exact) mass is 590 g/mol. The number of methoxy groups -OCH3 is 1. The number of benzene rings is 4. The molecule has 1 fully saturated rings. The number of ether oxygens (including phenoxy) is 1. The quantitative estimate of drug-likeness (QED) is 0.229. The van der Waals surface area contributed by atoms with Crippen molar-refractivity contribution >= 4 is 46.0 Å². The van der Waals surface area contributed by atoms with Crippen LogP contribution in [0.4, 0.5) is 10.5 Å². The Morgan fingerprint density at radius 1 is 0.977 bits per heavy atom. The number of aromatic nitrogens is 1. The molecule has 0 aliphatic carbocycles. The number of hydrogen-bond donors (Lipinski definition) is 2. The lowest BCUT2D eigenvalue weighted by Crippen LogP contribution is -2.44. The average Bonchev–Trinajstić information content (AvgIpc) is 3.53. The molecule has 2 N–H and O–H groups in total. The van der Waals surface area contributed by atoms with Gasteiger partial charge in [-0.15, -0.1) is 0 Å². The van der Waals surface area contributed by atoms with E-state index in [4.69, 9.17) is 16.3 Å². The summed E-state index contributed by atoms with van der Waals surface area (Å²) in [6.45, 7) is 0.345. The highest BCUT2D eigenvalue weighted by Gasteiger charge is 2.53. The molecule has 0 bridgehead atoms. The zero-order valence-corrected chi connectivity index (χ0v) is 24.0. The van der Waals surface area contributed by atoms with Crippen molar-refractivity contribution in [1.29, 1.82) is 0 Å². The molecule has 0 spiro atoms. The van der Waals surface area contributed by atoms with Crippen LogP contribution in [-0.2, 0) is 17.8 Å². The number of nitrogens with one attached hydrogen (secondary N) is 2. The van der Waals surface area contributed by atoms with Gasteiger partial charge in [-0.1, -0.05) is 54.1 Å². The first-order chi connectivity index (χ1) is 20.9. The number of rotatable bonds is 6. The third kappa shape index (κ3) is 4.60. The van der Waals surface area contributed by atoms with Crippen molar-refractivity contribution in [3.63, 3.8) is 0 Å². The number of imide groups is 1. The molecule has 1 aromatic heterocycles. The Morgan fingerprint density at radius 2 is 1.74 bits per heavy atom. The standard InChI is InChI=1S/C34H27ClN4O4/c1-43-25-6-4-5-22(17-25)31-30-27(26-7-2-3-8-28(26)37-30)18-29-33(41)38(34(42)39(29)31)24-15-11-21(12-16-24)32(40)36-19-20-9-13-23(35)14-10-20/h2-17,29,31,37H,18-19H2,1H3,(H,36,40)/t29-,31-/m0/s1. The van der Waals surface area contributed by atoms with Gasteiger partial charge in [-0.3, -0.25) is 14.5 Å². The summed E-state index contributed by atoms with van der Waals surface area (Å²) in [6.07, 6.45) is 0.395. The van der Waals surface area contributed by atoms with E-state index in [1.54, 1.807) is 48.4 Å². The number of hydrogen-bond acceptors (Lipinski definition) is 4. The van der Waals surface area contributed by atoms with Crippen LogP contribution in [0.2, 0.25) is 5.02 Å². The second-order valence-corrected chi connectivity index (χ2v) is 11.1. The van der Waals surface area contributed by atoms with Gasteiger partial charge in [-0.25, -0.2) is 9.69 Å². The maximum atomic E-state index is 14.1. The van der Waals surface area contributed by atoms with Crippen molar-refractivity contribution in [2.24, 2.45) is 0 Å². The van der Waals surface area contributed by atoms with E-state index < -0.39 is 18.1 Å². The highest BCUT2D eigenvalue weighted by Crippen LogP contribution is 2.45. The Morgan fingerprint density at radius 3 is 2.51 bits per heavy atom. The van der Waals surface area contributed by atoms with E-state index in [0.717, 1.165) is 33.3 Å². The Balaban J connectivity index is 1.20. The van der Waals surface area contributed by atoms with Gasteiger partial charge in [-0.05, 0) is 71.3 Å². The van der Waals surface area contributed by atoms with Crippen molar-refractivity contribution in [2.75, 3.05) is 12.0 Å². The normalized spacial score (nSPS) is 17.6. The molecular formula is C34H27ClN4O4. The zero-order chi connectivity index (χ0) is 29.7. The first-order valence-corrected chi connectivity index (χ1v) is 14.3. The molecule has 5 aromatic rings. The maximum absolute atomic E-state index is 14.1. The van der Waals surface area contributed by atoms with Crippen molar-refractivity contribution in [3.8, 4) is 5.75 Å². The number of carbonyl (C=O) groups excluding carboxylic acids is 3. The molecule has 2 aliphatic heterocycles. The molecule has 0 radical (unpaired) electrons. The molecule has 4 aromatic carbocycles. The molecule has 8 nitrogen and oxygen atoms in total. The van der Waals surface area contributed by atoms with Crippen LogP contribution in [-0.4, -0.2) is 40.9 Å². The Hall–Kier alpha value is -5.08. The third-order valence-corrected chi connectivity index (χ3v) is 8.46. The summed E-state index contributed by atoms with van der Waals surface area (Å²) in [7, 11) is 1.60. The Bertz CT molecular complexity index is 1880. The fraction of sp³-hybridized carbons (Fsp3) is 0.147. The highest BCUT2D eigenvalue weighted by atomic mass is 35.5. The van der Waals surface area contributed by atoms with Crippen molar-refractivity contribution in [2.45, 2.75) is 25.0 Å². The molecule has 7 rings (SSSR count). The van der Waals surface area contributed by atoms with E-state index >= 15 is 0 Å². The lowest BCUT2D eigenvalue weighted by atomic mass is 9.89. The van der Waals surface area contributed by atoms with Gasteiger partial charge in [0.1, 0.15) is 17.8 Å². The fourth-order valence-corrected chi connectivity index (χ4v) is 6.24. The predicted octanol–water partition coefficient (Wildman–Crippen LogP) is 6.24. The van der Waals surface area contributed by atoms with Crippen LogP contribution in [0.3, 0.4) is 0 Å². The minimum atomic E-state index is -0.683. The SMILES string of the molecule is COc1cccc([C@H]2c3[nH]c4ccccc4c3C[C@H]3C(=O)N(c4ccc(C(=O)NCc5ccc(Cl)cc5)cc4)C(=O)N23)c1. The van der Waals surface area contributed by atoms with Crippen molar-refractivity contribution in [1.82, 2.24) is 15.2 Å². The van der Waals surface area contributed by atoms with E-state index in [-0.39, 0.29) is 11.8 Å². The number of fused-ring (bicyclic) bond motifs is 4. The van der Waals surface area contributed by atoms with Gasteiger partial charge < -0.3 is 15.0 Å². The van der Waals surface area contributed by atoms with Gasteiger partial charge in [0, 0.05) is 40.1 Å². The van der Waals surface area contributed by atoms with E-state index in [9.17, 15) is 14.4 Å². The number of halogens is 1. The number of aromatic amines is 1. The van der Waals surface area contributed by atoms with Crippen LogP contribution in [0, 0.1) is 0 Å². The molecule has 0 saturated carbocycles. The van der Waals surface area contributed by atoms with Crippen LogP contribution < -0.4 is 15.0 Å². The Kier molecular flexibility index (Phi) is 6.63. The molecule has 2 atom stereocenters. The number of anilines is 1. The third-order valence-electron chi connectivity index (χ3n) is 8.21. The van der Waals surface area contributed by atoms with Gasteiger partial charge in [0.2, 0.25) is 0 Å². The molecule has 4 amide bonds. The summed E-state index contributed by atoms with van der Waals surface area (Å²) in [4.78, 5) is 47.3. The summed E-state index contributed by atoms with van der Waals surface area (Å²) in [5.74, 6) is 0.104. The van der Waals surface area contributed by atoms with Gasteiger partial charge in [0.25, 0.3) is 11.8 Å². The topological polar surface area (TPSA) is 94.7 Å². The molecule has 0 unspecified atom stereocenters. The average molecular weight is 591 g/mol. The largest absolute Gasteiger partial charge is 0.497 e. The van der Waals surface area contributed by atoms with E-state index in [1.165, 1.54) is 4.90 Å². The maximum Gasteiger partial charge on any atom is 0.332 e. The van der Waals surface area contributed by atoms with Crippen molar-refractivity contribution < 1.29 is 19.1 Å². The molecule has 214 valence electrons. The second kappa shape index (κ2) is 10.6. The number of nitrogens with zero attached hydrogens (tertiary/aromatic N) is 2. The molecule has 1 saturated heterocycles. The van der Waals surface area contributed by atoms with E-state index in [2.05, 4.69) is 10.3 Å². The Labute approximate surface area is 252 Å². The summed E-state index contributed by atoms with van der Waals surface area (Å²) in [5.41, 5.74) is 5.47. The molecular weight excluding hydrogens is 564 g/mol. The van der Waals surface area contributed by atoms with E-state index in [1.807, 2.05) is 60.7 Å². The van der Waals surface area contributed by atoms with Crippen LogP contribution in [0.5, 0.6) is 5.75 Å². The van der Waals surface area contributed by atoms with E-state index in [0.29, 0.717) is 35.0 Å². The number of H-pyrrole nitrogens is 1.